The van der Waals surface area contributed by atoms with Crippen LogP contribution in [-0.2, 0) is 16.2 Å². The zero-order chi connectivity index (χ0) is 20.0. The van der Waals surface area contributed by atoms with Crippen molar-refractivity contribution in [3.05, 3.63) is 53.9 Å². The lowest BCUT2D eigenvalue weighted by Crippen LogP contribution is -2.54. The minimum atomic E-state index is -1.23. The second kappa shape index (κ2) is 8.31. The number of aliphatic imine (C=N–C) groups is 1. The second-order valence-electron chi connectivity index (χ2n) is 6.37. The van der Waals surface area contributed by atoms with E-state index in [9.17, 15) is 9.59 Å². The number of ether oxygens (including phenoxy) is 1. The van der Waals surface area contributed by atoms with Gasteiger partial charge in [-0.15, -0.1) is 0 Å². The van der Waals surface area contributed by atoms with Gasteiger partial charge < -0.3 is 21.5 Å². The molecule has 1 aromatic heterocycles. The highest BCUT2D eigenvalue weighted by Gasteiger charge is 2.29. The Labute approximate surface area is 157 Å². The average molecular weight is 369 g/mol. The van der Waals surface area contributed by atoms with Crippen LogP contribution < -0.4 is 21.5 Å². The molecule has 0 spiro atoms. The molecule has 2 aromatic rings. The minimum Gasteiger partial charge on any atom is -0.487 e. The van der Waals surface area contributed by atoms with E-state index in [1.807, 2.05) is 18.2 Å². The molecule has 5 N–H and O–H groups in total. The molecule has 1 aromatic carbocycles. The topological polar surface area (TPSA) is 133 Å². The summed E-state index contributed by atoms with van der Waals surface area (Å²) < 4.78 is 5.72. The Bertz CT molecular complexity index is 863. The summed E-state index contributed by atoms with van der Waals surface area (Å²) in [6.07, 6.45) is 1.68. The van der Waals surface area contributed by atoms with Gasteiger partial charge >= 0.3 is 0 Å². The fourth-order valence-corrected chi connectivity index (χ4v) is 2.22. The lowest BCUT2D eigenvalue weighted by molar-refractivity contribution is -0.127. The zero-order valence-electron chi connectivity index (χ0n) is 15.5. The third-order valence-electron chi connectivity index (χ3n) is 3.87. The maximum atomic E-state index is 12.6. The summed E-state index contributed by atoms with van der Waals surface area (Å²) in [7, 11) is 1.47. The zero-order valence-corrected chi connectivity index (χ0v) is 15.5. The Morgan fingerprint density at radius 3 is 2.59 bits per heavy atom. The van der Waals surface area contributed by atoms with E-state index in [4.69, 9.17) is 16.2 Å². The van der Waals surface area contributed by atoms with Gasteiger partial charge in [0, 0.05) is 24.5 Å². The molecule has 0 aliphatic rings. The van der Waals surface area contributed by atoms with Gasteiger partial charge in [0.2, 0.25) is 5.91 Å². The third kappa shape index (κ3) is 5.04. The van der Waals surface area contributed by atoms with Crippen molar-refractivity contribution < 1.29 is 14.3 Å². The van der Waals surface area contributed by atoms with E-state index in [1.165, 1.54) is 20.9 Å². The predicted molar refractivity (Wildman–Crippen MR) is 103 cm³/mol. The number of nitrogens with zero attached hydrogens (tertiary/aromatic N) is 2. The normalized spacial score (nSPS) is 11.7. The smallest absolute Gasteiger partial charge is 0.270 e. The summed E-state index contributed by atoms with van der Waals surface area (Å²) >= 11 is 0. The Kier molecular flexibility index (Phi) is 6.12. The van der Waals surface area contributed by atoms with Gasteiger partial charge in [0.15, 0.2) is 0 Å². The molecule has 2 amide bonds. The standard InChI is InChI=1S/C19H23N5O3/c1-19(2,18(21)26)24-17(25)16(22-3)14-10-13(7-8-15(14)20)27-11-12-6-4-5-9-23-12/h4-10H,11,20H2,1-3H3,(H2,21,26)(H,24,25). The number of pyridine rings is 1. The number of carbonyl (C=O) groups is 2. The molecule has 0 aliphatic carbocycles. The molecule has 1 heterocycles. The van der Waals surface area contributed by atoms with Crippen LogP contribution in [0.2, 0.25) is 0 Å². The summed E-state index contributed by atoms with van der Waals surface area (Å²) in [5, 5.41) is 2.56. The van der Waals surface area contributed by atoms with E-state index in [0.29, 0.717) is 17.0 Å². The molecule has 8 heteroatoms. The number of carbonyl (C=O) groups excluding carboxylic acids is 2. The number of nitrogens with two attached hydrogens (primary N) is 2. The van der Waals surface area contributed by atoms with Crippen LogP contribution in [0.1, 0.15) is 25.1 Å². The first-order valence-electron chi connectivity index (χ1n) is 8.26. The van der Waals surface area contributed by atoms with Gasteiger partial charge in [0.25, 0.3) is 5.91 Å². The summed E-state index contributed by atoms with van der Waals surface area (Å²) in [4.78, 5) is 32.3. The third-order valence-corrected chi connectivity index (χ3v) is 3.87. The lowest BCUT2D eigenvalue weighted by atomic mass is 10.0. The Morgan fingerprint density at radius 1 is 1.26 bits per heavy atom. The van der Waals surface area contributed by atoms with E-state index in [1.54, 1.807) is 24.4 Å². The van der Waals surface area contributed by atoms with Gasteiger partial charge in [-0.25, -0.2) is 0 Å². The maximum absolute atomic E-state index is 12.6. The van der Waals surface area contributed by atoms with Crippen LogP contribution in [-0.4, -0.2) is 35.1 Å². The van der Waals surface area contributed by atoms with Crippen molar-refractivity contribution in [1.82, 2.24) is 10.3 Å². The fourth-order valence-electron chi connectivity index (χ4n) is 2.22. The van der Waals surface area contributed by atoms with Gasteiger partial charge in [0.1, 0.15) is 23.6 Å². The highest BCUT2D eigenvalue weighted by atomic mass is 16.5. The van der Waals surface area contributed by atoms with Crippen LogP contribution in [0.15, 0.2) is 47.6 Å². The van der Waals surface area contributed by atoms with Crippen molar-refractivity contribution in [1.29, 1.82) is 0 Å². The van der Waals surface area contributed by atoms with Gasteiger partial charge in [-0.3, -0.25) is 19.6 Å². The number of anilines is 1. The van der Waals surface area contributed by atoms with E-state index in [2.05, 4.69) is 15.3 Å². The van der Waals surface area contributed by atoms with Crippen LogP contribution in [0.3, 0.4) is 0 Å². The number of hydrogen-bond acceptors (Lipinski definition) is 6. The molecule has 0 unspecified atom stereocenters. The first-order valence-corrected chi connectivity index (χ1v) is 8.26. The molecule has 27 heavy (non-hydrogen) atoms. The molecule has 2 rings (SSSR count). The second-order valence-corrected chi connectivity index (χ2v) is 6.37. The van der Waals surface area contributed by atoms with Crippen LogP contribution in [0.4, 0.5) is 5.69 Å². The Hall–Kier alpha value is -3.42. The molecule has 0 fully saturated rings. The lowest BCUT2D eigenvalue weighted by Gasteiger charge is -2.23. The van der Waals surface area contributed by atoms with Gasteiger partial charge in [-0.2, -0.15) is 0 Å². The van der Waals surface area contributed by atoms with Crippen LogP contribution in [0.25, 0.3) is 0 Å². The summed E-state index contributed by atoms with van der Waals surface area (Å²) in [5.74, 6) is -0.713. The monoisotopic (exact) mass is 369 g/mol. The molecule has 0 saturated carbocycles. The van der Waals surface area contributed by atoms with Crippen molar-refractivity contribution >= 4 is 23.2 Å². The minimum absolute atomic E-state index is 0.0742. The van der Waals surface area contributed by atoms with Gasteiger partial charge in [-0.05, 0) is 44.2 Å². The van der Waals surface area contributed by atoms with E-state index < -0.39 is 17.4 Å². The number of aromatic nitrogens is 1. The van der Waals surface area contributed by atoms with E-state index in [-0.39, 0.29) is 12.3 Å². The SMILES string of the molecule is CN=C(C(=O)NC(C)(C)C(N)=O)c1cc(OCc2ccccn2)ccc1N. The predicted octanol–water partition coefficient (Wildman–Crippen LogP) is 1.04. The molecule has 0 radical (unpaired) electrons. The first kappa shape index (κ1) is 19.9. The van der Waals surface area contributed by atoms with Crippen LogP contribution in [0, 0.1) is 0 Å². The van der Waals surface area contributed by atoms with Crippen LogP contribution >= 0.6 is 0 Å². The maximum Gasteiger partial charge on any atom is 0.270 e. The molecule has 0 saturated heterocycles. The Balaban J connectivity index is 2.22. The number of nitrogens with one attached hydrogen (secondary N) is 1. The molecule has 8 nitrogen and oxygen atoms in total. The summed E-state index contributed by atoms with van der Waals surface area (Å²) in [6.45, 7) is 3.29. The molecular weight excluding hydrogens is 346 g/mol. The van der Waals surface area contributed by atoms with Gasteiger partial charge in [0.05, 0.1) is 5.69 Å². The highest BCUT2D eigenvalue weighted by molar-refractivity contribution is 6.46. The van der Waals surface area contributed by atoms with Crippen molar-refractivity contribution in [2.24, 2.45) is 10.7 Å². The van der Waals surface area contributed by atoms with Crippen molar-refractivity contribution in [3.63, 3.8) is 0 Å². The largest absolute Gasteiger partial charge is 0.487 e. The summed E-state index contributed by atoms with van der Waals surface area (Å²) in [6, 6.07) is 10.5. The van der Waals surface area contributed by atoms with E-state index in [0.717, 1.165) is 5.69 Å². The molecular formula is C19H23N5O3. The molecule has 0 bridgehead atoms. The number of primary amides is 1. The summed E-state index contributed by atoms with van der Waals surface area (Å²) in [5.41, 5.74) is 11.7. The molecule has 142 valence electrons. The average Bonchev–Trinajstić information content (AvgIpc) is 2.63. The molecule has 0 atom stereocenters. The number of benzene rings is 1. The van der Waals surface area contributed by atoms with Gasteiger partial charge in [-0.1, -0.05) is 6.07 Å². The Morgan fingerprint density at radius 2 is 2.00 bits per heavy atom. The number of nitrogen functional groups attached to an aromatic ring is 1. The fraction of sp³-hybridized carbons (Fsp3) is 0.263. The van der Waals surface area contributed by atoms with Crippen molar-refractivity contribution in [3.8, 4) is 5.75 Å². The van der Waals surface area contributed by atoms with Crippen molar-refractivity contribution in [2.45, 2.75) is 26.0 Å². The highest BCUT2D eigenvalue weighted by Crippen LogP contribution is 2.22. The number of amides is 2. The van der Waals surface area contributed by atoms with Crippen molar-refractivity contribution in [2.75, 3.05) is 12.8 Å². The number of rotatable bonds is 7. The van der Waals surface area contributed by atoms with Crippen LogP contribution in [0.5, 0.6) is 5.75 Å². The van der Waals surface area contributed by atoms with E-state index >= 15 is 0 Å². The molecule has 0 aliphatic heterocycles. The number of hydrogen-bond donors (Lipinski definition) is 3. The quantitative estimate of drug-likeness (QED) is 0.495. The first-order chi connectivity index (χ1) is 12.7.